The van der Waals surface area contributed by atoms with Gasteiger partial charge in [0.05, 0.1) is 6.61 Å². The monoisotopic (exact) mass is 325 g/mol. The quantitative estimate of drug-likeness (QED) is 0.740. The number of hydrogen-bond donors (Lipinski definition) is 2. The summed E-state index contributed by atoms with van der Waals surface area (Å²) in [4.78, 5) is 5.92. The molecule has 0 aromatic heterocycles. The maximum absolute atomic E-state index is 10.6. The fourth-order valence-corrected chi connectivity index (χ4v) is 4.05. The second-order valence-electron chi connectivity index (χ2n) is 6.88. The van der Waals surface area contributed by atoms with E-state index in [1.165, 1.54) is 0 Å². The van der Waals surface area contributed by atoms with Crippen molar-refractivity contribution in [1.29, 1.82) is 0 Å². The van der Waals surface area contributed by atoms with Crippen LogP contribution in [0.1, 0.15) is 6.42 Å². The molecule has 3 heterocycles. The Hall–Kier alpha value is -1.07. The standard InChI is InChI=1S/C15H24N3O3P/c1-10-17-11(16)5-7-18(10)14-12-13(19)15(21-14,9-20-12)6-8-22(2,3)4/h5,7,12-14,19H,1-2,6,8-9H2,3-4H3,(H2,16,17)/t12-,13+,14?,15+/m1/s1. The number of ether oxygens (including phenoxy) is 2. The molecule has 3 N–H and O–H groups in total. The normalized spacial score (nSPS) is 37.8. The summed E-state index contributed by atoms with van der Waals surface area (Å²) in [6.07, 6.45) is 7.93. The van der Waals surface area contributed by atoms with Crippen LogP contribution in [0.15, 0.2) is 29.7 Å². The molecule has 3 rings (SSSR count). The average molecular weight is 325 g/mol. The maximum atomic E-state index is 10.6. The minimum atomic E-state index is -1.18. The molecule has 0 aliphatic carbocycles. The first-order chi connectivity index (χ1) is 10.2. The summed E-state index contributed by atoms with van der Waals surface area (Å²) in [5.41, 5.74) is 5.01. The maximum Gasteiger partial charge on any atom is 0.165 e. The van der Waals surface area contributed by atoms with Crippen LogP contribution in [0.5, 0.6) is 0 Å². The first kappa shape index (κ1) is 15.8. The van der Waals surface area contributed by atoms with Gasteiger partial charge in [-0.05, 0) is 32.0 Å². The van der Waals surface area contributed by atoms with Crippen molar-refractivity contribution in [2.24, 2.45) is 10.7 Å². The van der Waals surface area contributed by atoms with Gasteiger partial charge >= 0.3 is 0 Å². The Morgan fingerprint density at radius 3 is 2.95 bits per heavy atom. The molecule has 22 heavy (non-hydrogen) atoms. The Morgan fingerprint density at radius 2 is 2.32 bits per heavy atom. The van der Waals surface area contributed by atoms with Crippen LogP contribution in [0, 0.1) is 0 Å². The molecule has 0 aromatic carbocycles. The van der Waals surface area contributed by atoms with Gasteiger partial charge in [-0.2, -0.15) is 0 Å². The molecule has 0 saturated carbocycles. The molecular weight excluding hydrogens is 301 g/mol. The van der Waals surface area contributed by atoms with Crippen molar-refractivity contribution >= 4 is 19.0 Å². The van der Waals surface area contributed by atoms with E-state index in [0.29, 0.717) is 18.3 Å². The van der Waals surface area contributed by atoms with Crippen molar-refractivity contribution in [3.63, 3.8) is 0 Å². The van der Waals surface area contributed by atoms with E-state index in [0.717, 1.165) is 12.6 Å². The summed E-state index contributed by atoms with van der Waals surface area (Å²) < 4.78 is 12.0. The molecule has 2 bridgehead atoms. The molecule has 3 aliphatic heterocycles. The molecule has 0 amide bonds. The van der Waals surface area contributed by atoms with E-state index < -0.39 is 30.9 Å². The van der Waals surface area contributed by atoms with Gasteiger partial charge in [0.15, 0.2) is 6.23 Å². The smallest absolute Gasteiger partial charge is 0.165 e. The number of fused-ring (bicyclic) bond motifs is 2. The van der Waals surface area contributed by atoms with Gasteiger partial charge in [-0.1, -0.05) is 6.58 Å². The van der Waals surface area contributed by atoms with Crippen LogP contribution in [0.2, 0.25) is 0 Å². The molecular formula is C15H24N3O3P. The molecule has 0 aromatic rings. The summed E-state index contributed by atoms with van der Waals surface area (Å²) in [5, 5.41) is 10.6. The van der Waals surface area contributed by atoms with Gasteiger partial charge in [-0.3, -0.25) is 0 Å². The van der Waals surface area contributed by atoms with Gasteiger partial charge in [-0.25, -0.2) is 4.99 Å². The number of aliphatic hydroxyl groups is 1. The first-order valence-electron chi connectivity index (χ1n) is 7.36. The molecule has 2 fully saturated rings. The van der Waals surface area contributed by atoms with Crippen molar-refractivity contribution in [3.8, 4) is 0 Å². The van der Waals surface area contributed by atoms with Crippen molar-refractivity contribution in [2.45, 2.75) is 30.5 Å². The van der Waals surface area contributed by atoms with Crippen molar-refractivity contribution in [3.05, 3.63) is 24.7 Å². The van der Waals surface area contributed by atoms with Crippen LogP contribution < -0.4 is 5.73 Å². The lowest BCUT2D eigenvalue weighted by molar-refractivity contribution is -0.181. The summed E-state index contributed by atoms with van der Waals surface area (Å²) in [6, 6.07) is 0. The van der Waals surface area contributed by atoms with Crippen molar-refractivity contribution in [1.82, 2.24) is 4.90 Å². The van der Waals surface area contributed by atoms with Crippen LogP contribution in [0.3, 0.4) is 0 Å². The van der Waals surface area contributed by atoms with Gasteiger partial charge in [0.2, 0.25) is 0 Å². The van der Waals surface area contributed by atoms with E-state index in [1.807, 2.05) is 0 Å². The fourth-order valence-electron chi connectivity index (χ4n) is 3.07. The van der Waals surface area contributed by atoms with E-state index >= 15 is 0 Å². The van der Waals surface area contributed by atoms with Crippen LogP contribution in [0.25, 0.3) is 0 Å². The number of nitrogens with two attached hydrogens (primary N) is 1. The van der Waals surface area contributed by atoms with E-state index in [2.05, 4.69) is 31.2 Å². The fraction of sp³-hybridized carbons (Fsp3) is 0.600. The third-order valence-corrected chi connectivity index (χ3v) is 5.82. The number of nitrogens with zero attached hydrogens (tertiary/aromatic N) is 2. The Morgan fingerprint density at radius 1 is 1.59 bits per heavy atom. The highest BCUT2D eigenvalue weighted by Gasteiger charge is 2.62. The molecule has 0 radical (unpaired) electrons. The molecule has 0 spiro atoms. The van der Waals surface area contributed by atoms with Crippen LogP contribution in [0.4, 0.5) is 0 Å². The summed E-state index contributed by atoms with van der Waals surface area (Å²) in [5.74, 6) is 0.901. The molecule has 122 valence electrons. The van der Waals surface area contributed by atoms with Crippen LogP contribution in [-0.4, -0.2) is 72.3 Å². The first-order valence-corrected chi connectivity index (χ1v) is 10.4. The zero-order chi connectivity index (χ0) is 16.1. The van der Waals surface area contributed by atoms with E-state index in [4.69, 9.17) is 15.2 Å². The van der Waals surface area contributed by atoms with Gasteiger partial charge in [0, 0.05) is 6.20 Å². The molecule has 6 nitrogen and oxygen atoms in total. The topological polar surface area (TPSA) is 80.3 Å². The van der Waals surface area contributed by atoms with Crippen LogP contribution >= 0.6 is 6.89 Å². The third kappa shape index (κ3) is 2.65. The average Bonchev–Trinajstić information content (AvgIpc) is 2.87. The Kier molecular flexibility index (Phi) is 3.76. The molecule has 4 atom stereocenters. The number of amidine groups is 1. The second-order valence-corrected chi connectivity index (χ2v) is 11.2. The number of rotatable bonds is 4. The molecule has 7 heteroatoms. The zero-order valence-electron chi connectivity index (χ0n) is 13.1. The second kappa shape index (κ2) is 5.24. The Bertz CT molecular complexity index is 597. The summed E-state index contributed by atoms with van der Waals surface area (Å²) in [6.45, 7) is 7.50. The van der Waals surface area contributed by atoms with Crippen LogP contribution in [-0.2, 0) is 9.47 Å². The Labute approximate surface area is 131 Å². The van der Waals surface area contributed by atoms with Gasteiger partial charge in [-0.15, -0.1) is 13.2 Å². The molecule has 3 aliphatic rings. The SMILES string of the molecule is C=C1N=C(N)C=CN1C1O[C@@]2(CCP(=C)(C)C)CO[C@@H]1[C@@H]2O. The van der Waals surface area contributed by atoms with Crippen molar-refractivity contribution in [2.75, 3.05) is 26.1 Å². The number of aliphatic hydroxyl groups excluding tert-OH is 1. The zero-order valence-corrected chi connectivity index (χ0v) is 14.0. The Balaban J connectivity index is 1.77. The summed E-state index contributed by atoms with van der Waals surface area (Å²) >= 11 is 0. The third-order valence-electron chi connectivity index (χ3n) is 4.38. The predicted molar refractivity (Wildman–Crippen MR) is 90.5 cm³/mol. The number of hydrogen-bond acceptors (Lipinski definition) is 6. The van der Waals surface area contributed by atoms with E-state index in [9.17, 15) is 5.11 Å². The van der Waals surface area contributed by atoms with Crippen molar-refractivity contribution < 1.29 is 14.6 Å². The molecule has 2 saturated heterocycles. The lowest BCUT2D eigenvalue weighted by Gasteiger charge is -2.37. The van der Waals surface area contributed by atoms with Gasteiger partial charge < -0.3 is 25.2 Å². The largest absolute Gasteiger partial charge is 0.387 e. The number of aliphatic imine (C=N–C) groups is 1. The van der Waals surface area contributed by atoms with Gasteiger partial charge in [0.25, 0.3) is 0 Å². The lowest BCUT2D eigenvalue weighted by atomic mass is 9.96. The highest BCUT2D eigenvalue weighted by Crippen LogP contribution is 2.47. The van der Waals surface area contributed by atoms with E-state index in [-0.39, 0.29) is 0 Å². The minimum Gasteiger partial charge on any atom is -0.387 e. The highest BCUT2D eigenvalue weighted by molar-refractivity contribution is 7.72. The summed E-state index contributed by atoms with van der Waals surface area (Å²) in [7, 11) is 0. The minimum absolute atomic E-state index is 0.401. The van der Waals surface area contributed by atoms with E-state index in [1.54, 1.807) is 17.2 Å². The molecule has 1 unspecified atom stereocenters. The highest BCUT2D eigenvalue weighted by atomic mass is 31.2. The lowest BCUT2D eigenvalue weighted by Crippen LogP contribution is -2.46. The van der Waals surface area contributed by atoms with Gasteiger partial charge in [0.1, 0.15) is 29.5 Å². The predicted octanol–water partition coefficient (Wildman–Crippen LogP) is 0.598.